The van der Waals surface area contributed by atoms with E-state index in [-0.39, 0.29) is 18.1 Å². The number of aryl methyl sites for hydroxylation is 1. The molecule has 0 saturated carbocycles. The molecule has 0 saturated heterocycles. The Morgan fingerprint density at radius 3 is 2.91 bits per heavy atom. The van der Waals surface area contributed by atoms with Crippen molar-refractivity contribution in [3.63, 3.8) is 0 Å². The topological polar surface area (TPSA) is 77.6 Å². The highest BCUT2D eigenvalue weighted by Crippen LogP contribution is 2.27. The molecule has 1 aliphatic heterocycles. The average Bonchev–Trinajstić information content (AvgIpc) is 3.28. The van der Waals surface area contributed by atoms with Crippen molar-refractivity contribution in [2.24, 2.45) is 0 Å². The molecule has 1 amide bonds. The van der Waals surface area contributed by atoms with Gasteiger partial charge in [0.1, 0.15) is 24.0 Å². The van der Waals surface area contributed by atoms with Crippen LogP contribution in [0.2, 0.25) is 0 Å². The first kappa shape index (κ1) is 21.6. The third-order valence-electron chi connectivity index (χ3n) is 5.92. The smallest absolute Gasteiger partial charge is 0.244 e. The summed E-state index contributed by atoms with van der Waals surface area (Å²) in [5.41, 5.74) is 2.61. The number of nitrogens with zero attached hydrogens (tertiary/aromatic N) is 5. The first-order valence-corrected chi connectivity index (χ1v) is 12.5. The van der Waals surface area contributed by atoms with Gasteiger partial charge in [0.2, 0.25) is 5.91 Å². The third kappa shape index (κ3) is 4.37. The molecule has 7 nitrogen and oxygen atoms in total. The van der Waals surface area contributed by atoms with Gasteiger partial charge in [0, 0.05) is 18.5 Å². The van der Waals surface area contributed by atoms with E-state index in [1.54, 1.807) is 23.9 Å². The summed E-state index contributed by atoms with van der Waals surface area (Å²) in [7, 11) is 0. The molecule has 5 rings (SSSR count). The minimum absolute atomic E-state index is 0.0560. The summed E-state index contributed by atoms with van der Waals surface area (Å²) in [6.07, 6.45) is 6.23. The Morgan fingerprint density at radius 2 is 2.03 bits per heavy atom. The van der Waals surface area contributed by atoms with E-state index < -0.39 is 5.82 Å². The molecular weight excluding hydrogens is 439 g/mol. The number of rotatable bonds is 6. The number of fused-ring (bicyclic) bond motifs is 2. The average molecular weight is 465 g/mol. The monoisotopic (exact) mass is 464 g/mol. The van der Waals surface area contributed by atoms with E-state index in [0.29, 0.717) is 11.6 Å². The summed E-state index contributed by atoms with van der Waals surface area (Å²) < 4.78 is 18.6. The van der Waals surface area contributed by atoms with Crippen LogP contribution in [-0.2, 0) is 30.1 Å². The fourth-order valence-corrected chi connectivity index (χ4v) is 4.81. The van der Waals surface area contributed by atoms with E-state index >= 15 is 0 Å². The van der Waals surface area contributed by atoms with Crippen LogP contribution in [0.4, 0.5) is 10.1 Å². The molecule has 0 aliphatic carbocycles. The van der Waals surface area contributed by atoms with Crippen molar-refractivity contribution < 1.29 is 9.18 Å². The van der Waals surface area contributed by atoms with Crippen LogP contribution in [0.25, 0.3) is 22.4 Å². The first-order chi connectivity index (χ1) is 16.1. The molecule has 9 heteroatoms. The maximum Gasteiger partial charge on any atom is 0.244 e. The fourth-order valence-electron chi connectivity index (χ4n) is 4.33. The number of thioether (sulfide) groups is 1. The Kier molecular flexibility index (Phi) is 6.13. The van der Waals surface area contributed by atoms with Gasteiger partial charge >= 0.3 is 0 Å². The van der Waals surface area contributed by atoms with E-state index in [4.69, 9.17) is 0 Å². The number of carbonyl (C=O) groups is 1. The Balaban J connectivity index is 1.41. The van der Waals surface area contributed by atoms with Gasteiger partial charge in [-0.1, -0.05) is 18.6 Å². The van der Waals surface area contributed by atoms with Gasteiger partial charge in [-0.2, -0.15) is 11.8 Å². The van der Waals surface area contributed by atoms with Crippen molar-refractivity contribution in [3.8, 4) is 11.4 Å². The number of nitrogens with one attached hydrogen (secondary N) is 1. The minimum Gasteiger partial charge on any atom is -0.322 e. The normalized spacial score (nSPS) is 13.6. The van der Waals surface area contributed by atoms with Crippen LogP contribution in [0.15, 0.2) is 42.5 Å². The van der Waals surface area contributed by atoms with Crippen molar-refractivity contribution in [2.45, 2.75) is 44.5 Å². The lowest BCUT2D eigenvalue weighted by atomic mass is 10.1. The zero-order valence-corrected chi connectivity index (χ0v) is 19.2. The largest absolute Gasteiger partial charge is 0.322 e. The van der Waals surface area contributed by atoms with Crippen LogP contribution in [-0.4, -0.2) is 36.5 Å². The number of anilines is 1. The van der Waals surface area contributed by atoms with Gasteiger partial charge in [-0.05, 0) is 49.4 Å². The van der Waals surface area contributed by atoms with Crippen molar-refractivity contribution in [1.82, 2.24) is 24.3 Å². The van der Waals surface area contributed by atoms with Gasteiger partial charge in [-0.25, -0.2) is 9.37 Å². The molecular formula is C24H25FN6OS. The maximum absolute atomic E-state index is 14.6. The highest BCUT2D eigenvalue weighted by Gasteiger charge is 2.19. The Bertz CT molecular complexity index is 1310. The number of halogens is 1. The Labute approximate surface area is 195 Å². The van der Waals surface area contributed by atoms with Crippen LogP contribution < -0.4 is 5.32 Å². The number of hydrogen-bond donors (Lipinski definition) is 1. The molecule has 0 radical (unpaired) electrons. The second-order valence-electron chi connectivity index (χ2n) is 8.18. The molecule has 0 spiro atoms. The standard InChI is InChI=1S/C24H25FN6OS/c1-33-15-22-26-18-7-4-5-8-20(18)31(22)14-23(32)27-19-13-16(10-11-17(19)25)24-29-28-21-9-3-2-6-12-30(21)24/h4-5,7-8,10-11,13H,2-3,6,9,12,14-15H2,1H3,(H,27,32). The van der Waals surface area contributed by atoms with Crippen LogP contribution >= 0.6 is 11.8 Å². The lowest BCUT2D eigenvalue weighted by Gasteiger charge is -2.12. The lowest BCUT2D eigenvalue weighted by molar-refractivity contribution is -0.116. The summed E-state index contributed by atoms with van der Waals surface area (Å²) in [5, 5.41) is 11.4. The Hall–Kier alpha value is -3.20. The summed E-state index contributed by atoms with van der Waals surface area (Å²) in [6, 6.07) is 12.4. The second-order valence-corrected chi connectivity index (χ2v) is 9.05. The number of imidazole rings is 1. The number of amides is 1. The third-order valence-corrected chi connectivity index (χ3v) is 6.46. The number of benzene rings is 2. The SMILES string of the molecule is CSCc1nc2ccccc2n1CC(=O)Nc1cc(-c2nnc3n2CCCCC3)ccc1F. The van der Waals surface area contributed by atoms with E-state index in [9.17, 15) is 9.18 Å². The summed E-state index contributed by atoms with van der Waals surface area (Å²) in [6.45, 7) is 0.906. The molecule has 1 aliphatic rings. The molecule has 2 aromatic heterocycles. The zero-order valence-electron chi connectivity index (χ0n) is 18.4. The quantitative estimate of drug-likeness (QED) is 0.449. The number of hydrogen-bond acceptors (Lipinski definition) is 5. The summed E-state index contributed by atoms with van der Waals surface area (Å²) >= 11 is 1.64. The van der Waals surface area contributed by atoms with Crippen LogP contribution in [0.5, 0.6) is 0 Å². The van der Waals surface area contributed by atoms with Crippen molar-refractivity contribution >= 4 is 34.4 Å². The molecule has 3 heterocycles. The number of para-hydroxylation sites is 2. The predicted molar refractivity (Wildman–Crippen MR) is 129 cm³/mol. The zero-order chi connectivity index (χ0) is 22.8. The van der Waals surface area contributed by atoms with Gasteiger partial charge in [0.05, 0.1) is 22.5 Å². The van der Waals surface area contributed by atoms with E-state index in [1.165, 1.54) is 6.07 Å². The molecule has 0 bridgehead atoms. The molecule has 0 unspecified atom stereocenters. The van der Waals surface area contributed by atoms with E-state index in [1.807, 2.05) is 35.1 Å². The summed E-state index contributed by atoms with van der Waals surface area (Å²) in [4.78, 5) is 17.6. The van der Waals surface area contributed by atoms with Gasteiger partial charge < -0.3 is 14.5 Å². The maximum atomic E-state index is 14.6. The van der Waals surface area contributed by atoms with Gasteiger partial charge in [-0.3, -0.25) is 4.79 Å². The Morgan fingerprint density at radius 1 is 1.15 bits per heavy atom. The minimum atomic E-state index is -0.484. The fraction of sp³-hybridized carbons (Fsp3) is 0.333. The van der Waals surface area contributed by atoms with Crippen LogP contribution in [0.1, 0.15) is 30.9 Å². The van der Waals surface area contributed by atoms with Crippen LogP contribution in [0, 0.1) is 5.82 Å². The van der Waals surface area contributed by atoms with E-state index in [0.717, 1.165) is 60.5 Å². The molecule has 0 atom stereocenters. The second kappa shape index (κ2) is 9.35. The van der Waals surface area contributed by atoms with Crippen molar-refractivity contribution in [2.75, 3.05) is 11.6 Å². The van der Waals surface area contributed by atoms with Crippen LogP contribution in [0.3, 0.4) is 0 Å². The molecule has 1 N–H and O–H groups in total. The van der Waals surface area contributed by atoms with E-state index in [2.05, 4.69) is 25.1 Å². The van der Waals surface area contributed by atoms with Gasteiger partial charge in [-0.15, -0.1) is 10.2 Å². The van der Waals surface area contributed by atoms with Crippen molar-refractivity contribution in [1.29, 1.82) is 0 Å². The number of carbonyl (C=O) groups excluding carboxylic acids is 1. The van der Waals surface area contributed by atoms with Crippen molar-refractivity contribution in [3.05, 3.63) is 59.9 Å². The highest BCUT2D eigenvalue weighted by atomic mass is 32.2. The lowest BCUT2D eigenvalue weighted by Crippen LogP contribution is -2.20. The number of aromatic nitrogens is 5. The molecule has 2 aromatic carbocycles. The summed E-state index contributed by atoms with van der Waals surface area (Å²) in [5.74, 6) is 2.39. The molecule has 4 aromatic rings. The van der Waals surface area contributed by atoms with Gasteiger partial charge in [0.15, 0.2) is 5.82 Å². The highest BCUT2D eigenvalue weighted by molar-refractivity contribution is 7.97. The molecule has 33 heavy (non-hydrogen) atoms. The van der Waals surface area contributed by atoms with Gasteiger partial charge in [0.25, 0.3) is 0 Å². The first-order valence-electron chi connectivity index (χ1n) is 11.1. The predicted octanol–water partition coefficient (Wildman–Crippen LogP) is 4.66. The molecule has 170 valence electrons. The molecule has 0 fully saturated rings.